The lowest BCUT2D eigenvalue weighted by Crippen LogP contribution is -2.13. The van der Waals surface area contributed by atoms with Gasteiger partial charge in [-0.25, -0.2) is 4.79 Å². The molecule has 0 unspecified atom stereocenters. The predicted molar refractivity (Wildman–Crippen MR) is 68.2 cm³/mol. The summed E-state index contributed by atoms with van der Waals surface area (Å²) in [5, 5.41) is 0. The highest BCUT2D eigenvalue weighted by Gasteiger charge is 2.06. The minimum absolute atomic E-state index is 0.473. The van der Waals surface area contributed by atoms with Crippen LogP contribution < -0.4 is 0 Å². The average molecular weight is 226 g/mol. The molecule has 1 aromatic carbocycles. The zero-order valence-electron chi connectivity index (χ0n) is 9.56. The summed E-state index contributed by atoms with van der Waals surface area (Å²) < 4.78 is 5.06. The summed E-state index contributed by atoms with van der Waals surface area (Å²) in [5.74, 6) is 5.37. The molecule has 17 heavy (non-hydrogen) atoms. The van der Waals surface area contributed by atoms with Gasteiger partial charge < -0.3 is 4.74 Å². The van der Waals surface area contributed by atoms with E-state index in [1.165, 1.54) is 0 Å². The van der Waals surface area contributed by atoms with Crippen molar-refractivity contribution >= 4 is 5.97 Å². The molecule has 0 N–H and O–H groups in total. The van der Waals surface area contributed by atoms with Crippen LogP contribution in [0.5, 0.6) is 0 Å². The average Bonchev–Trinajstić information content (AvgIpc) is 2.37. The van der Waals surface area contributed by atoms with Gasteiger partial charge in [0.05, 0.1) is 0 Å². The lowest BCUT2D eigenvalue weighted by atomic mass is 10.2. The van der Waals surface area contributed by atoms with Crippen LogP contribution in [0.25, 0.3) is 0 Å². The Hall–Kier alpha value is -2.27. The smallest absolute Gasteiger partial charge is 0.331 e. The fourth-order valence-electron chi connectivity index (χ4n) is 1.16. The molecular formula is C15H14O2. The van der Waals surface area contributed by atoms with E-state index < -0.39 is 12.1 Å². The SMILES string of the molecule is C=CC[C@H](C#Cc1ccccc1)OC(=O)C=C. The Morgan fingerprint density at radius 3 is 2.65 bits per heavy atom. The summed E-state index contributed by atoms with van der Waals surface area (Å²) >= 11 is 0. The molecule has 0 radical (unpaired) electrons. The molecule has 0 heterocycles. The maximum Gasteiger partial charge on any atom is 0.331 e. The first-order chi connectivity index (χ1) is 8.26. The van der Waals surface area contributed by atoms with Crippen LogP contribution in [0, 0.1) is 11.8 Å². The van der Waals surface area contributed by atoms with Gasteiger partial charge in [0.1, 0.15) is 0 Å². The zero-order valence-corrected chi connectivity index (χ0v) is 9.56. The van der Waals surface area contributed by atoms with Gasteiger partial charge in [-0.05, 0) is 12.1 Å². The van der Waals surface area contributed by atoms with E-state index >= 15 is 0 Å². The molecule has 86 valence electrons. The maximum absolute atomic E-state index is 11.1. The predicted octanol–water partition coefficient (Wildman–Crippen LogP) is 2.71. The van der Waals surface area contributed by atoms with E-state index in [9.17, 15) is 4.79 Å². The Kier molecular flexibility index (Phi) is 5.33. The van der Waals surface area contributed by atoms with Crippen molar-refractivity contribution in [2.75, 3.05) is 0 Å². The monoisotopic (exact) mass is 226 g/mol. The Bertz CT molecular complexity index is 449. The van der Waals surface area contributed by atoms with Gasteiger partial charge in [-0.3, -0.25) is 0 Å². The Balaban J connectivity index is 2.73. The van der Waals surface area contributed by atoms with Gasteiger partial charge in [0.15, 0.2) is 6.10 Å². The Morgan fingerprint density at radius 1 is 1.35 bits per heavy atom. The maximum atomic E-state index is 11.1. The van der Waals surface area contributed by atoms with Gasteiger partial charge in [-0.2, -0.15) is 0 Å². The minimum Gasteiger partial charge on any atom is -0.446 e. The van der Waals surface area contributed by atoms with E-state index in [2.05, 4.69) is 25.0 Å². The van der Waals surface area contributed by atoms with Crippen molar-refractivity contribution in [3.05, 3.63) is 61.2 Å². The van der Waals surface area contributed by atoms with Gasteiger partial charge >= 0.3 is 5.97 Å². The molecule has 0 aliphatic carbocycles. The summed E-state index contributed by atoms with van der Waals surface area (Å²) in [6, 6.07) is 9.52. The van der Waals surface area contributed by atoms with Gasteiger partial charge in [0.25, 0.3) is 0 Å². The number of benzene rings is 1. The molecule has 2 heteroatoms. The standard InChI is InChI=1S/C15H14O2/c1-3-8-14(17-15(16)4-2)12-11-13-9-6-5-7-10-13/h3-7,9-10,14H,1-2,8H2/t14-/m1/s1. The van der Waals surface area contributed by atoms with Crippen LogP contribution in [0.1, 0.15) is 12.0 Å². The van der Waals surface area contributed by atoms with Crippen molar-refractivity contribution < 1.29 is 9.53 Å². The van der Waals surface area contributed by atoms with Crippen LogP contribution in [0.3, 0.4) is 0 Å². The summed E-state index contributed by atoms with van der Waals surface area (Å²) in [4.78, 5) is 11.1. The molecule has 0 saturated carbocycles. The van der Waals surface area contributed by atoms with Crippen LogP contribution in [-0.2, 0) is 9.53 Å². The highest BCUT2D eigenvalue weighted by Crippen LogP contribution is 2.01. The molecule has 1 atom stereocenters. The van der Waals surface area contributed by atoms with Gasteiger partial charge in [-0.15, -0.1) is 6.58 Å². The first kappa shape index (κ1) is 12.8. The van der Waals surface area contributed by atoms with Crippen LogP contribution in [0.15, 0.2) is 55.6 Å². The second-order valence-corrected chi connectivity index (χ2v) is 3.29. The Morgan fingerprint density at radius 2 is 2.06 bits per heavy atom. The molecule has 0 spiro atoms. The molecule has 0 saturated heterocycles. The molecular weight excluding hydrogens is 212 g/mol. The fraction of sp³-hybridized carbons (Fsp3) is 0.133. The summed E-state index contributed by atoms with van der Waals surface area (Å²) in [6.45, 7) is 6.95. The number of carbonyl (C=O) groups excluding carboxylic acids is 1. The molecule has 2 nitrogen and oxygen atoms in total. The van der Waals surface area contributed by atoms with Crippen LogP contribution >= 0.6 is 0 Å². The highest BCUT2D eigenvalue weighted by molar-refractivity contribution is 5.81. The zero-order chi connectivity index (χ0) is 12.5. The number of esters is 1. The Labute approximate surface area is 102 Å². The van der Waals surface area contributed by atoms with Crippen LogP contribution in [0.2, 0.25) is 0 Å². The normalized spacial score (nSPS) is 10.6. The summed E-state index contributed by atoms with van der Waals surface area (Å²) in [5.41, 5.74) is 0.885. The lowest BCUT2D eigenvalue weighted by molar-refractivity contribution is -0.140. The minimum atomic E-state index is -0.474. The highest BCUT2D eigenvalue weighted by atomic mass is 16.5. The first-order valence-electron chi connectivity index (χ1n) is 5.26. The van der Waals surface area contributed by atoms with Crippen LogP contribution in [-0.4, -0.2) is 12.1 Å². The topological polar surface area (TPSA) is 26.3 Å². The first-order valence-corrected chi connectivity index (χ1v) is 5.26. The van der Waals surface area contributed by atoms with Crippen molar-refractivity contribution in [2.45, 2.75) is 12.5 Å². The van der Waals surface area contributed by atoms with Crippen molar-refractivity contribution in [1.82, 2.24) is 0 Å². The van der Waals surface area contributed by atoms with E-state index in [4.69, 9.17) is 4.74 Å². The molecule has 0 fully saturated rings. The molecule has 0 aliphatic heterocycles. The molecule has 0 amide bonds. The van der Waals surface area contributed by atoms with E-state index in [1.807, 2.05) is 30.3 Å². The van der Waals surface area contributed by atoms with E-state index in [0.29, 0.717) is 6.42 Å². The number of carbonyl (C=O) groups is 1. The van der Waals surface area contributed by atoms with E-state index in [-0.39, 0.29) is 0 Å². The number of ether oxygens (including phenoxy) is 1. The quantitative estimate of drug-likeness (QED) is 0.341. The largest absolute Gasteiger partial charge is 0.446 e. The second-order valence-electron chi connectivity index (χ2n) is 3.29. The van der Waals surface area contributed by atoms with E-state index in [1.54, 1.807) is 6.08 Å². The van der Waals surface area contributed by atoms with Crippen LogP contribution in [0.4, 0.5) is 0 Å². The molecule has 1 rings (SSSR count). The second kappa shape index (κ2) is 7.08. The number of hydrogen-bond donors (Lipinski definition) is 0. The molecule has 0 bridgehead atoms. The van der Waals surface area contributed by atoms with Gasteiger partial charge in [-0.1, -0.05) is 42.7 Å². The summed E-state index contributed by atoms with van der Waals surface area (Å²) in [6.07, 6.45) is 2.82. The fourth-order valence-corrected chi connectivity index (χ4v) is 1.16. The van der Waals surface area contributed by atoms with Crippen molar-refractivity contribution in [3.63, 3.8) is 0 Å². The third-order valence-corrected chi connectivity index (χ3v) is 1.96. The number of rotatable bonds is 4. The number of hydrogen-bond acceptors (Lipinski definition) is 2. The van der Waals surface area contributed by atoms with Crippen molar-refractivity contribution in [1.29, 1.82) is 0 Å². The van der Waals surface area contributed by atoms with Crippen molar-refractivity contribution in [3.8, 4) is 11.8 Å². The van der Waals surface area contributed by atoms with Gasteiger partial charge in [0, 0.05) is 18.1 Å². The summed E-state index contributed by atoms with van der Waals surface area (Å²) in [7, 11) is 0. The molecule has 0 aromatic heterocycles. The molecule has 0 aliphatic rings. The van der Waals surface area contributed by atoms with Crippen molar-refractivity contribution in [2.24, 2.45) is 0 Å². The molecule has 1 aromatic rings. The third-order valence-electron chi connectivity index (χ3n) is 1.96. The van der Waals surface area contributed by atoms with Gasteiger partial charge in [0.2, 0.25) is 0 Å². The van der Waals surface area contributed by atoms with E-state index in [0.717, 1.165) is 11.6 Å². The third kappa shape index (κ3) is 4.85. The lowest BCUT2D eigenvalue weighted by Gasteiger charge is -2.07.